The average Bonchev–Trinajstić information content (AvgIpc) is 3.34. The minimum atomic E-state index is -0.998. The molecule has 0 bridgehead atoms. The van der Waals surface area contributed by atoms with Gasteiger partial charge in [0.2, 0.25) is 0 Å². The molecule has 0 saturated carbocycles. The van der Waals surface area contributed by atoms with Crippen molar-refractivity contribution >= 4 is 23.2 Å². The minimum absolute atomic E-state index is 0.0885. The van der Waals surface area contributed by atoms with Gasteiger partial charge in [0.05, 0.1) is 19.8 Å². The van der Waals surface area contributed by atoms with E-state index >= 15 is 0 Å². The van der Waals surface area contributed by atoms with Crippen LogP contribution in [0.1, 0.15) is 54.0 Å². The number of aliphatic carboxylic acids is 1. The number of carbonyl (C=O) groups is 2. The third-order valence-electron chi connectivity index (χ3n) is 5.60. The molecule has 3 unspecified atom stereocenters. The zero-order valence-corrected chi connectivity index (χ0v) is 18.9. The van der Waals surface area contributed by atoms with Gasteiger partial charge in [-0.05, 0) is 41.0 Å². The maximum Gasteiger partial charge on any atom is 0.326 e. The normalized spacial score (nSPS) is 21.6. The van der Waals surface area contributed by atoms with Crippen molar-refractivity contribution in [2.75, 3.05) is 20.8 Å². The monoisotopic (exact) mass is 431 g/mol. The highest BCUT2D eigenvalue weighted by Crippen LogP contribution is 2.44. The van der Waals surface area contributed by atoms with E-state index in [1.54, 1.807) is 26.4 Å². The molecule has 7 heteroatoms. The molecular weight excluding hydrogens is 402 g/mol. The second-order valence-corrected chi connectivity index (χ2v) is 9.62. The molecular formula is C23H29NO5S. The molecule has 0 aliphatic carbocycles. The van der Waals surface area contributed by atoms with E-state index in [0.717, 1.165) is 10.4 Å². The summed E-state index contributed by atoms with van der Waals surface area (Å²) in [4.78, 5) is 28.2. The van der Waals surface area contributed by atoms with Crippen molar-refractivity contribution < 1.29 is 24.2 Å². The summed E-state index contributed by atoms with van der Waals surface area (Å²) in [5.74, 6) is -0.769. The standard InChI is InChI=1S/C23H29NO5S/c1-23(2,3)16-9-8-14(12-18(16)29-5)21(25)24-17(22(26)27)11-15(13-28-4)20(24)19-7-6-10-30-19/h6-10,12,15,17,20H,11,13H2,1-5H3,(H,26,27). The molecule has 1 amide bonds. The number of carboxylic acid groups (broad SMARTS) is 1. The van der Waals surface area contributed by atoms with Crippen molar-refractivity contribution in [1.82, 2.24) is 4.90 Å². The van der Waals surface area contributed by atoms with Gasteiger partial charge in [-0.15, -0.1) is 11.3 Å². The Bertz CT molecular complexity index is 903. The molecule has 2 aromatic rings. The Hall–Kier alpha value is -2.38. The summed E-state index contributed by atoms with van der Waals surface area (Å²) in [5, 5.41) is 11.8. The van der Waals surface area contributed by atoms with Crippen LogP contribution in [0.15, 0.2) is 35.7 Å². The van der Waals surface area contributed by atoms with Crippen molar-refractivity contribution in [2.24, 2.45) is 5.92 Å². The summed E-state index contributed by atoms with van der Waals surface area (Å²) in [6.45, 7) is 6.63. The molecule has 2 heterocycles. The average molecular weight is 432 g/mol. The van der Waals surface area contributed by atoms with Gasteiger partial charge in [0, 0.05) is 23.5 Å². The first-order chi connectivity index (χ1) is 14.2. The highest BCUT2D eigenvalue weighted by atomic mass is 32.1. The predicted molar refractivity (Wildman–Crippen MR) is 116 cm³/mol. The number of thiophene rings is 1. The molecule has 1 aliphatic heterocycles. The quantitative estimate of drug-likeness (QED) is 0.736. The fourth-order valence-corrected chi connectivity index (χ4v) is 5.15. The summed E-state index contributed by atoms with van der Waals surface area (Å²) in [7, 11) is 3.18. The lowest BCUT2D eigenvalue weighted by molar-refractivity contribution is -0.141. The van der Waals surface area contributed by atoms with Crippen LogP contribution in [0.5, 0.6) is 5.75 Å². The summed E-state index contributed by atoms with van der Waals surface area (Å²) in [6, 6.07) is 8.00. The summed E-state index contributed by atoms with van der Waals surface area (Å²) in [6.07, 6.45) is 0.356. The van der Waals surface area contributed by atoms with Gasteiger partial charge in [0.15, 0.2) is 0 Å². The SMILES string of the molecule is COCC1CC(C(=O)O)N(C(=O)c2ccc(C(C)(C)C)c(OC)c2)C1c1cccs1. The van der Waals surface area contributed by atoms with E-state index in [1.165, 1.54) is 16.2 Å². The van der Waals surface area contributed by atoms with E-state index < -0.39 is 12.0 Å². The number of methoxy groups -OCH3 is 2. The number of hydrogen-bond acceptors (Lipinski definition) is 5. The minimum Gasteiger partial charge on any atom is -0.496 e. The molecule has 162 valence electrons. The van der Waals surface area contributed by atoms with E-state index in [1.807, 2.05) is 23.6 Å². The molecule has 6 nitrogen and oxygen atoms in total. The number of carboxylic acids is 1. The Morgan fingerprint density at radius 1 is 1.23 bits per heavy atom. The molecule has 30 heavy (non-hydrogen) atoms. The predicted octanol–water partition coefficient (Wildman–Crippen LogP) is 4.36. The van der Waals surface area contributed by atoms with E-state index in [2.05, 4.69) is 20.8 Å². The Kier molecular flexibility index (Phi) is 6.53. The van der Waals surface area contributed by atoms with Gasteiger partial charge in [-0.3, -0.25) is 4.79 Å². The lowest BCUT2D eigenvalue weighted by atomic mass is 9.85. The third-order valence-corrected chi connectivity index (χ3v) is 6.54. The molecule has 0 spiro atoms. The van der Waals surface area contributed by atoms with Gasteiger partial charge >= 0.3 is 5.97 Å². The lowest BCUT2D eigenvalue weighted by Gasteiger charge is -2.30. The van der Waals surface area contributed by atoms with E-state index in [4.69, 9.17) is 9.47 Å². The number of amides is 1. The van der Waals surface area contributed by atoms with Gasteiger partial charge < -0.3 is 19.5 Å². The Morgan fingerprint density at radius 3 is 2.50 bits per heavy atom. The summed E-state index contributed by atoms with van der Waals surface area (Å²) in [5.41, 5.74) is 1.27. The van der Waals surface area contributed by atoms with Gasteiger partial charge in [0.1, 0.15) is 11.8 Å². The van der Waals surface area contributed by atoms with E-state index in [-0.39, 0.29) is 23.3 Å². The molecule has 1 aromatic heterocycles. The highest BCUT2D eigenvalue weighted by molar-refractivity contribution is 7.10. The van der Waals surface area contributed by atoms with Crippen LogP contribution in [0.2, 0.25) is 0 Å². The number of likely N-dealkylation sites (tertiary alicyclic amines) is 1. The van der Waals surface area contributed by atoms with Crippen molar-refractivity contribution in [3.05, 3.63) is 51.7 Å². The first-order valence-corrected chi connectivity index (χ1v) is 10.8. The second kappa shape index (κ2) is 8.78. The van der Waals surface area contributed by atoms with Gasteiger partial charge in [-0.25, -0.2) is 4.79 Å². The molecule has 1 aliphatic rings. The van der Waals surface area contributed by atoms with Crippen LogP contribution in [0, 0.1) is 5.92 Å². The molecule has 1 aromatic carbocycles. The molecule has 1 fully saturated rings. The van der Waals surface area contributed by atoms with Crippen LogP contribution in [-0.2, 0) is 14.9 Å². The van der Waals surface area contributed by atoms with Crippen LogP contribution in [0.3, 0.4) is 0 Å². The lowest BCUT2D eigenvalue weighted by Crippen LogP contribution is -2.42. The molecule has 0 radical (unpaired) electrons. The van der Waals surface area contributed by atoms with Gasteiger partial charge in [-0.1, -0.05) is 32.9 Å². The largest absolute Gasteiger partial charge is 0.496 e. The fraction of sp³-hybridized carbons (Fsp3) is 0.478. The zero-order valence-electron chi connectivity index (χ0n) is 18.0. The Morgan fingerprint density at radius 2 is 1.97 bits per heavy atom. The maximum atomic E-state index is 13.6. The summed E-state index contributed by atoms with van der Waals surface area (Å²) >= 11 is 1.53. The number of carbonyl (C=O) groups excluding carboxylic acids is 1. The van der Waals surface area contributed by atoms with Crippen molar-refractivity contribution in [3.63, 3.8) is 0 Å². The molecule has 3 rings (SSSR count). The molecule has 1 N–H and O–H groups in total. The number of rotatable bonds is 6. The molecule has 1 saturated heterocycles. The Labute approximate surface area is 181 Å². The number of nitrogens with zero attached hydrogens (tertiary/aromatic N) is 1. The van der Waals surface area contributed by atoms with Crippen LogP contribution in [0.4, 0.5) is 0 Å². The van der Waals surface area contributed by atoms with Crippen LogP contribution in [0.25, 0.3) is 0 Å². The highest BCUT2D eigenvalue weighted by Gasteiger charge is 2.48. The number of ether oxygens (including phenoxy) is 2. The fourth-order valence-electron chi connectivity index (χ4n) is 4.23. The first-order valence-electron chi connectivity index (χ1n) is 9.95. The van der Waals surface area contributed by atoms with Crippen LogP contribution in [-0.4, -0.2) is 48.8 Å². The van der Waals surface area contributed by atoms with E-state index in [0.29, 0.717) is 24.3 Å². The number of benzene rings is 1. The number of hydrogen-bond donors (Lipinski definition) is 1. The first kappa shape index (κ1) is 22.3. The van der Waals surface area contributed by atoms with Crippen LogP contribution >= 0.6 is 11.3 Å². The smallest absolute Gasteiger partial charge is 0.326 e. The summed E-state index contributed by atoms with van der Waals surface area (Å²) < 4.78 is 10.9. The van der Waals surface area contributed by atoms with Crippen molar-refractivity contribution in [1.29, 1.82) is 0 Å². The third kappa shape index (κ3) is 4.23. The topological polar surface area (TPSA) is 76.1 Å². The van der Waals surface area contributed by atoms with E-state index in [9.17, 15) is 14.7 Å². The van der Waals surface area contributed by atoms with Crippen molar-refractivity contribution in [2.45, 2.75) is 44.7 Å². The molecule has 3 atom stereocenters. The Balaban J connectivity index is 2.05. The maximum absolute atomic E-state index is 13.6. The second-order valence-electron chi connectivity index (χ2n) is 8.64. The van der Waals surface area contributed by atoms with Crippen molar-refractivity contribution in [3.8, 4) is 5.75 Å². The van der Waals surface area contributed by atoms with Gasteiger partial charge in [0.25, 0.3) is 5.91 Å². The van der Waals surface area contributed by atoms with Crippen LogP contribution < -0.4 is 4.74 Å². The van der Waals surface area contributed by atoms with Gasteiger partial charge in [-0.2, -0.15) is 0 Å². The zero-order chi connectivity index (χ0) is 22.1.